The Hall–Kier alpha value is -3.43. The summed E-state index contributed by atoms with van der Waals surface area (Å²) in [7, 11) is 0. The minimum atomic E-state index is -0.407. The molecular weight excluding hydrogens is 406 g/mol. The Kier molecular flexibility index (Phi) is 7.58. The Balaban J connectivity index is 1.79. The number of nitriles is 1. The number of hydrogen-bond donors (Lipinski definition) is 1. The van der Waals surface area contributed by atoms with Crippen LogP contribution < -0.4 is 5.32 Å². The van der Waals surface area contributed by atoms with Crippen LogP contribution in [0.1, 0.15) is 41.7 Å². The standard InChI is InChI=1S/C25H25N3O2S/c1-4-30-25(29)21-7-5-6-8-22(21)27-15-20(14-26)24-28-23(16-31-24)19-11-9-18(10-12-19)13-17(2)3/h5-12,15-17,27H,4,13H2,1-3H3/b20-15+. The first kappa shape index (κ1) is 22.3. The maximum absolute atomic E-state index is 12.1. The quantitative estimate of drug-likeness (QED) is 0.341. The van der Waals surface area contributed by atoms with Crippen molar-refractivity contribution < 1.29 is 9.53 Å². The molecule has 1 aromatic heterocycles. The van der Waals surface area contributed by atoms with E-state index in [-0.39, 0.29) is 0 Å². The van der Waals surface area contributed by atoms with Gasteiger partial charge in [0.25, 0.3) is 0 Å². The fraction of sp³-hybridized carbons (Fsp3) is 0.240. The second-order valence-electron chi connectivity index (χ2n) is 7.41. The first-order valence-electron chi connectivity index (χ1n) is 10.2. The van der Waals surface area contributed by atoms with E-state index >= 15 is 0 Å². The molecule has 0 radical (unpaired) electrons. The van der Waals surface area contributed by atoms with Gasteiger partial charge in [-0.15, -0.1) is 11.3 Å². The number of nitrogens with zero attached hydrogens (tertiary/aromatic N) is 2. The van der Waals surface area contributed by atoms with Crippen molar-refractivity contribution in [2.24, 2.45) is 5.92 Å². The van der Waals surface area contributed by atoms with Crippen molar-refractivity contribution in [1.82, 2.24) is 4.98 Å². The molecule has 0 aliphatic heterocycles. The monoisotopic (exact) mass is 431 g/mol. The molecule has 3 rings (SSSR count). The third-order valence-corrected chi connectivity index (χ3v) is 5.42. The van der Waals surface area contributed by atoms with Gasteiger partial charge in [0.2, 0.25) is 0 Å². The molecule has 0 aliphatic carbocycles. The van der Waals surface area contributed by atoms with Crippen LogP contribution in [0.25, 0.3) is 16.8 Å². The van der Waals surface area contributed by atoms with E-state index in [0.29, 0.717) is 34.4 Å². The van der Waals surface area contributed by atoms with Crippen LogP contribution in [0.2, 0.25) is 0 Å². The Morgan fingerprint density at radius 3 is 2.65 bits per heavy atom. The molecule has 3 aromatic rings. The second kappa shape index (κ2) is 10.6. The van der Waals surface area contributed by atoms with E-state index in [1.54, 1.807) is 31.3 Å². The highest BCUT2D eigenvalue weighted by atomic mass is 32.1. The molecule has 0 amide bonds. The van der Waals surface area contributed by atoms with E-state index in [1.807, 2.05) is 11.4 Å². The third-order valence-electron chi connectivity index (χ3n) is 4.54. The number of hydrogen-bond acceptors (Lipinski definition) is 6. The van der Waals surface area contributed by atoms with Gasteiger partial charge in [0.15, 0.2) is 0 Å². The predicted molar refractivity (Wildman–Crippen MR) is 126 cm³/mol. The number of rotatable bonds is 8. The Bertz CT molecular complexity index is 1110. The number of esters is 1. The minimum absolute atomic E-state index is 0.298. The summed E-state index contributed by atoms with van der Waals surface area (Å²) < 4.78 is 5.09. The number of carbonyl (C=O) groups excluding carboxylic acids is 1. The lowest BCUT2D eigenvalue weighted by atomic mass is 10.0. The average Bonchev–Trinajstić information content (AvgIpc) is 3.25. The van der Waals surface area contributed by atoms with Crippen molar-refractivity contribution in [2.45, 2.75) is 27.2 Å². The zero-order chi connectivity index (χ0) is 22.2. The minimum Gasteiger partial charge on any atom is -0.462 e. The van der Waals surface area contributed by atoms with E-state index in [9.17, 15) is 10.1 Å². The number of allylic oxidation sites excluding steroid dienone is 1. The highest BCUT2D eigenvalue weighted by Crippen LogP contribution is 2.27. The number of thiazole rings is 1. The lowest BCUT2D eigenvalue weighted by molar-refractivity contribution is 0.0527. The van der Waals surface area contributed by atoms with Crippen molar-refractivity contribution in [2.75, 3.05) is 11.9 Å². The van der Waals surface area contributed by atoms with Gasteiger partial charge in [0.1, 0.15) is 16.6 Å². The molecule has 1 N–H and O–H groups in total. The van der Waals surface area contributed by atoms with Gasteiger partial charge in [0.05, 0.1) is 23.6 Å². The molecule has 5 nitrogen and oxygen atoms in total. The number of para-hydroxylation sites is 1. The van der Waals surface area contributed by atoms with Gasteiger partial charge in [-0.25, -0.2) is 9.78 Å². The third kappa shape index (κ3) is 5.80. The van der Waals surface area contributed by atoms with E-state index < -0.39 is 5.97 Å². The number of aromatic nitrogens is 1. The highest BCUT2D eigenvalue weighted by Gasteiger charge is 2.13. The molecule has 0 bridgehead atoms. The van der Waals surface area contributed by atoms with Gasteiger partial charge in [-0.05, 0) is 37.0 Å². The molecule has 0 unspecified atom stereocenters. The van der Waals surface area contributed by atoms with Crippen LogP contribution in [0.5, 0.6) is 0 Å². The second-order valence-corrected chi connectivity index (χ2v) is 8.27. The fourth-order valence-corrected chi connectivity index (χ4v) is 3.90. The summed E-state index contributed by atoms with van der Waals surface area (Å²) in [6, 6.07) is 17.6. The van der Waals surface area contributed by atoms with Gasteiger partial charge in [-0.3, -0.25) is 0 Å². The lowest BCUT2D eigenvalue weighted by Gasteiger charge is -2.08. The number of benzene rings is 2. The number of anilines is 1. The van der Waals surface area contributed by atoms with Gasteiger partial charge >= 0.3 is 5.97 Å². The maximum Gasteiger partial charge on any atom is 0.340 e. The summed E-state index contributed by atoms with van der Waals surface area (Å²) in [5, 5.41) is 15.3. The molecule has 6 heteroatoms. The molecular formula is C25H25N3O2S. The summed E-state index contributed by atoms with van der Waals surface area (Å²) in [5.41, 5.74) is 4.55. The van der Waals surface area contributed by atoms with Gasteiger partial charge in [-0.2, -0.15) is 5.26 Å². The summed E-state index contributed by atoms with van der Waals surface area (Å²) >= 11 is 1.41. The Morgan fingerprint density at radius 2 is 1.97 bits per heavy atom. The summed E-state index contributed by atoms with van der Waals surface area (Å²) in [6.45, 7) is 6.47. The molecule has 0 saturated carbocycles. The van der Waals surface area contributed by atoms with E-state index in [2.05, 4.69) is 54.5 Å². The van der Waals surface area contributed by atoms with Crippen molar-refractivity contribution >= 4 is 28.6 Å². The average molecular weight is 432 g/mol. The molecule has 0 aliphatic rings. The van der Waals surface area contributed by atoms with Crippen LogP contribution in [-0.2, 0) is 11.2 Å². The van der Waals surface area contributed by atoms with Crippen LogP contribution in [0.15, 0.2) is 60.1 Å². The number of nitrogens with one attached hydrogen (secondary N) is 1. The SMILES string of the molecule is CCOC(=O)c1ccccc1N/C=C(\C#N)c1nc(-c2ccc(CC(C)C)cc2)cs1. The van der Waals surface area contributed by atoms with Gasteiger partial charge in [-0.1, -0.05) is 50.2 Å². The molecule has 1 heterocycles. The van der Waals surface area contributed by atoms with Crippen molar-refractivity contribution in [3.05, 3.63) is 76.2 Å². The van der Waals surface area contributed by atoms with Crippen LogP contribution in [-0.4, -0.2) is 17.6 Å². The van der Waals surface area contributed by atoms with Crippen molar-refractivity contribution in [3.8, 4) is 17.3 Å². The number of ether oxygens (including phenoxy) is 1. The molecule has 158 valence electrons. The zero-order valence-corrected chi connectivity index (χ0v) is 18.7. The fourth-order valence-electron chi connectivity index (χ4n) is 3.10. The maximum atomic E-state index is 12.1. The van der Waals surface area contributed by atoms with Crippen molar-refractivity contribution in [3.63, 3.8) is 0 Å². The zero-order valence-electron chi connectivity index (χ0n) is 17.9. The summed E-state index contributed by atoms with van der Waals surface area (Å²) in [6.07, 6.45) is 2.62. The number of carbonyl (C=O) groups is 1. The summed E-state index contributed by atoms with van der Waals surface area (Å²) in [5.74, 6) is 0.205. The molecule has 0 spiro atoms. The normalized spacial score (nSPS) is 11.3. The summed E-state index contributed by atoms with van der Waals surface area (Å²) in [4.78, 5) is 16.8. The Labute approximate surface area is 187 Å². The molecule has 0 fully saturated rings. The largest absolute Gasteiger partial charge is 0.462 e. The Morgan fingerprint density at radius 1 is 1.23 bits per heavy atom. The molecule has 2 aromatic carbocycles. The molecule has 31 heavy (non-hydrogen) atoms. The predicted octanol–water partition coefficient (Wildman–Crippen LogP) is 6.16. The topological polar surface area (TPSA) is 75.0 Å². The highest BCUT2D eigenvalue weighted by molar-refractivity contribution is 7.11. The van der Waals surface area contributed by atoms with Crippen LogP contribution in [0.4, 0.5) is 5.69 Å². The van der Waals surface area contributed by atoms with Crippen molar-refractivity contribution in [1.29, 1.82) is 5.26 Å². The molecule has 0 atom stereocenters. The first-order chi connectivity index (χ1) is 15.0. The van der Waals surface area contributed by atoms with Gasteiger partial charge < -0.3 is 10.1 Å². The van der Waals surface area contributed by atoms with E-state index in [4.69, 9.17) is 4.74 Å². The first-order valence-corrected chi connectivity index (χ1v) is 11.1. The van der Waals surface area contributed by atoms with Crippen LogP contribution >= 0.6 is 11.3 Å². The van der Waals surface area contributed by atoms with E-state index in [1.165, 1.54) is 16.9 Å². The lowest BCUT2D eigenvalue weighted by Crippen LogP contribution is -2.07. The molecule has 0 saturated heterocycles. The van der Waals surface area contributed by atoms with E-state index in [0.717, 1.165) is 17.7 Å². The van der Waals surface area contributed by atoms with Crippen LogP contribution in [0.3, 0.4) is 0 Å². The van der Waals surface area contributed by atoms with Crippen LogP contribution in [0, 0.1) is 17.2 Å². The smallest absolute Gasteiger partial charge is 0.340 e. The van der Waals surface area contributed by atoms with Gasteiger partial charge in [0, 0.05) is 17.1 Å².